The summed E-state index contributed by atoms with van der Waals surface area (Å²) in [6.07, 6.45) is -0.0558. The average molecular weight is 308 g/mol. The molecule has 4 N–H and O–H groups in total. The van der Waals surface area contributed by atoms with Gasteiger partial charge in [-0.15, -0.1) is 0 Å². The topological polar surface area (TPSA) is 93.8 Å². The van der Waals surface area contributed by atoms with Crippen molar-refractivity contribution in [2.75, 3.05) is 12.4 Å². The quantitative estimate of drug-likeness (QED) is 0.797. The lowest BCUT2D eigenvalue weighted by atomic mass is 9.70. The summed E-state index contributed by atoms with van der Waals surface area (Å²) < 4.78 is 10.5. The molecule has 0 atom stereocenters. The van der Waals surface area contributed by atoms with Crippen LogP contribution >= 0.6 is 0 Å². The molecule has 0 radical (unpaired) electrons. The molecule has 1 aliphatic carbocycles. The van der Waals surface area contributed by atoms with Crippen molar-refractivity contribution in [3.8, 4) is 5.75 Å². The maximum absolute atomic E-state index is 12.0. The molecule has 6 heteroatoms. The van der Waals surface area contributed by atoms with Crippen LogP contribution in [0.4, 0.5) is 10.5 Å². The van der Waals surface area contributed by atoms with E-state index in [0.29, 0.717) is 24.3 Å². The van der Waals surface area contributed by atoms with Crippen LogP contribution in [0.5, 0.6) is 5.75 Å². The number of nitrogens with one attached hydrogen (secondary N) is 1. The number of aliphatic hydroxyl groups is 1. The molecule has 1 saturated carbocycles. The largest absolute Gasteiger partial charge is 0.497 e. The minimum Gasteiger partial charge on any atom is -0.497 e. The van der Waals surface area contributed by atoms with Gasteiger partial charge in [0.15, 0.2) is 0 Å². The van der Waals surface area contributed by atoms with Crippen LogP contribution in [0.15, 0.2) is 18.2 Å². The fourth-order valence-corrected chi connectivity index (χ4v) is 2.59. The van der Waals surface area contributed by atoms with E-state index in [1.165, 1.54) is 0 Å². The number of nitrogens with two attached hydrogens (primary N) is 1. The first kappa shape index (κ1) is 16.6. The predicted octanol–water partition coefficient (Wildman–Crippen LogP) is 2.35. The minimum absolute atomic E-state index is 0.412. The zero-order valence-electron chi connectivity index (χ0n) is 13.5. The van der Waals surface area contributed by atoms with Crippen LogP contribution < -0.4 is 15.8 Å². The van der Waals surface area contributed by atoms with Gasteiger partial charge in [0, 0.05) is 11.2 Å². The summed E-state index contributed by atoms with van der Waals surface area (Å²) >= 11 is 0. The van der Waals surface area contributed by atoms with Crippen LogP contribution in [0, 0.1) is 0 Å². The molecule has 0 spiro atoms. The van der Waals surface area contributed by atoms with Crippen molar-refractivity contribution in [3.63, 3.8) is 0 Å². The molecular weight excluding hydrogens is 284 g/mol. The second kappa shape index (κ2) is 5.78. The van der Waals surface area contributed by atoms with Gasteiger partial charge in [0.2, 0.25) is 0 Å². The van der Waals surface area contributed by atoms with Gasteiger partial charge in [-0.2, -0.15) is 0 Å². The molecule has 122 valence electrons. The molecule has 1 aromatic rings. The zero-order valence-corrected chi connectivity index (χ0v) is 13.5. The van der Waals surface area contributed by atoms with Gasteiger partial charge in [-0.05, 0) is 57.4 Å². The van der Waals surface area contributed by atoms with E-state index in [1.54, 1.807) is 46.1 Å². The van der Waals surface area contributed by atoms with E-state index in [4.69, 9.17) is 15.2 Å². The number of carbonyl (C=O) groups excluding carboxylic acids is 1. The molecule has 1 amide bonds. The maximum atomic E-state index is 12.0. The Bertz CT molecular complexity index is 560. The zero-order chi connectivity index (χ0) is 16.5. The monoisotopic (exact) mass is 308 g/mol. The summed E-state index contributed by atoms with van der Waals surface area (Å²) in [5, 5.41) is 12.3. The summed E-state index contributed by atoms with van der Waals surface area (Å²) in [4.78, 5) is 12.0. The molecule has 1 fully saturated rings. The third-order valence-electron chi connectivity index (χ3n) is 3.60. The molecule has 0 saturated heterocycles. The highest BCUT2D eigenvalue weighted by atomic mass is 16.6. The molecule has 1 aromatic carbocycles. The number of carbonyl (C=O) groups is 1. The smallest absolute Gasteiger partial charge is 0.412 e. The van der Waals surface area contributed by atoms with Crippen molar-refractivity contribution in [2.24, 2.45) is 5.73 Å². The van der Waals surface area contributed by atoms with Gasteiger partial charge in [0.25, 0.3) is 0 Å². The lowest BCUT2D eigenvalue weighted by Gasteiger charge is -2.43. The lowest BCUT2D eigenvalue weighted by molar-refractivity contribution is 0.0212. The second-order valence-corrected chi connectivity index (χ2v) is 6.76. The normalized spacial score (nSPS) is 24.4. The molecule has 0 aliphatic heterocycles. The highest BCUT2D eigenvalue weighted by Gasteiger charge is 2.43. The third kappa shape index (κ3) is 3.69. The van der Waals surface area contributed by atoms with E-state index >= 15 is 0 Å². The highest BCUT2D eigenvalue weighted by Crippen LogP contribution is 2.43. The second-order valence-electron chi connectivity index (χ2n) is 6.76. The first-order valence-corrected chi connectivity index (χ1v) is 7.28. The molecule has 1 aliphatic rings. The van der Waals surface area contributed by atoms with Crippen molar-refractivity contribution in [1.82, 2.24) is 0 Å². The van der Waals surface area contributed by atoms with Crippen LogP contribution in [-0.2, 0) is 10.3 Å². The van der Waals surface area contributed by atoms with Crippen LogP contribution in [0.2, 0.25) is 0 Å². The highest BCUT2D eigenvalue weighted by molar-refractivity contribution is 5.86. The minimum atomic E-state index is -0.668. The Morgan fingerprint density at radius 2 is 2.05 bits per heavy atom. The van der Waals surface area contributed by atoms with Gasteiger partial charge in [0.05, 0.1) is 13.2 Å². The number of aliphatic hydroxyl groups excluding tert-OH is 1. The van der Waals surface area contributed by atoms with Crippen LogP contribution in [0.25, 0.3) is 0 Å². The first-order chi connectivity index (χ1) is 10.1. The van der Waals surface area contributed by atoms with E-state index in [2.05, 4.69) is 5.32 Å². The van der Waals surface area contributed by atoms with Crippen LogP contribution in [0.3, 0.4) is 0 Å². The Morgan fingerprint density at radius 3 is 2.55 bits per heavy atom. The van der Waals surface area contributed by atoms with E-state index in [-0.39, 0.29) is 0 Å². The Morgan fingerprint density at radius 1 is 1.41 bits per heavy atom. The molecule has 0 unspecified atom stereocenters. The van der Waals surface area contributed by atoms with E-state index < -0.39 is 23.3 Å². The molecule has 0 heterocycles. The summed E-state index contributed by atoms with van der Waals surface area (Å²) in [5.41, 5.74) is 6.40. The molecule has 0 aromatic heterocycles. The predicted molar refractivity (Wildman–Crippen MR) is 84.0 cm³/mol. The van der Waals surface area contributed by atoms with Crippen molar-refractivity contribution in [2.45, 2.75) is 50.9 Å². The Hall–Kier alpha value is -1.79. The summed E-state index contributed by atoms with van der Waals surface area (Å²) in [6.45, 7) is 5.40. The SMILES string of the molecule is COc1ccc(NC(=O)OC(C)(C)C)c(C2(N)CC(O)C2)c1. The molecular formula is C16H24N2O4. The Kier molecular flexibility index (Phi) is 4.35. The molecule has 2 rings (SSSR count). The third-order valence-corrected chi connectivity index (χ3v) is 3.60. The van der Waals surface area contributed by atoms with Gasteiger partial charge in [-0.3, -0.25) is 5.32 Å². The number of hydrogen-bond donors (Lipinski definition) is 3. The number of amides is 1. The maximum Gasteiger partial charge on any atom is 0.412 e. The number of ether oxygens (including phenoxy) is 2. The molecule has 0 bridgehead atoms. The fourth-order valence-electron chi connectivity index (χ4n) is 2.59. The fraction of sp³-hybridized carbons (Fsp3) is 0.562. The van der Waals surface area contributed by atoms with Crippen molar-refractivity contribution in [3.05, 3.63) is 23.8 Å². The number of anilines is 1. The number of hydrogen-bond acceptors (Lipinski definition) is 5. The van der Waals surface area contributed by atoms with E-state index in [1.807, 2.05) is 0 Å². The first-order valence-electron chi connectivity index (χ1n) is 7.28. The standard InChI is InChI=1S/C16H24N2O4/c1-15(2,3)22-14(20)18-13-6-5-11(21-4)7-12(13)16(17)8-10(19)9-16/h5-7,10,19H,8-9,17H2,1-4H3,(H,18,20). The van der Waals surface area contributed by atoms with Gasteiger partial charge in [-0.25, -0.2) is 4.79 Å². The van der Waals surface area contributed by atoms with Gasteiger partial charge in [-0.1, -0.05) is 0 Å². The molecule has 6 nitrogen and oxygen atoms in total. The van der Waals surface area contributed by atoms with Crippen molar-refractivity contribution in [1.29, 1.82) is 0 Å². The average Bonchev–Trinajstić information content (AvgIpc) is 2.35. The Balaban J connectivity index is 2.25. The van der Waals surface area contributed by atoms with Gasteiger partial charge < -0.3 is 20.3 Å². The summed E-state index contributed by atoms with van der Waals surface area (Å²) in [5.74, 6) is 0.649. The molecule has 22 heavy (non-hydrogen) atoms. The van der Waals surface area contributed by atoms with Crippen molar-refractivity contribution < 1.29 is 19.4 Å². The Labute approximate surface area is 130 Å². The lowest BCUT2D eigenvalue weighted by Crippen LogP contribution is -2.52. The number of benzene rings is 1. The van der Waals surface area contributed by atoms with Gasteiger partial charge >= 0.3 is 6.09 Å². The van der Waals surface area contributed by atoms with Crippen LogP contribution in [0.1, 0.15) is 39.2 Å². The van der Waals surface area contributed by atoms with Crippen LogP contribution in [-0.4, -0.2) is 30.0 Å². The van der Waals surface area contributed by atoms with Gasteiger partial charge in [0.1, 0.15) is 11.4 Å². The summed E-state index contributed by atoms with van der Waals surface area (Å²) in [6, 6.07) is 5.27. The van der Waals surface area contributed by atoms with E-state index in [0.717, 1.165) is 5.56 Å². The number of methoxy groups -OCH3 is 1. The number of rotatable bonds is 3. The van der Waals surface area contributed by atoms with Crippen molar-refractivity contribution >= 4 is 11.8 Å². The van der Waals surface area contributed by atoms with E-state index in [9.17, 15) is 9.90 Å². The summed E-state index contributed by atoms with van der Waals surface area (Å²) in [7, 11) is 1.57.